The zero-order valence-electron chi connectivity index (χ0n) is 41.7. The van der Waals surface area contributed by atoms with Gasteiger partial charge in [-0.15, -0.1) is 0 Å². The summed E-state index contributed by atoms with van der Waals surface area (Å²) in [6, 6.07) is 81.4. The van der Waals surface area contributed by atoms with Crippen LogP contribution in [0.1, 0.15) is 37.5 Å². The van der Waals surface area contributed by atoms with Crippen LogP contribution in [0.15, 0.2) is 231 Å². The molecule has 3 aromatic heterocycles. The summed E-state index contributed by atoms with van der Waals surface area (Å²) in [7, 11) is 0. The van der Waals surface area contributed by atoms with E-state index in [1.165, 1.54) is 32.9 Å². The van der Waals surface area contributed by atoms with E-state index < -0.39 is 0 Å². The first-order valence-electron chi connectivity index (χ1n) is 25.2. The molecular formula is C66H53BN6. The number of fused-ring (bicyclic) bond motifs is 5. The molecule has 6 nitrogen and oxygen atoms in total. The van der Waals surface area contributed by atoms with Crippen molar-refractivity contribution in [2.75, 3.05) is 9.62 Å². The number of aryl methyl sites for hydroxylation is 2. The second-order valence-corrected chi connectivity index (χ2v) is 20.3. The highest BCUT2D eigenvalue weighted by Gasteiger charge is 2.45. The summed E-state index contributed by atoms with van der Waals surface area (Å²) >= 11 is 0. The van der Waals surface area contributed by atoms with Crippen molar-refractivity contribution < 1.29 is 4.57 Å². The number of aromatic nitrogens is 4. The quantitative estimate of drug-likeness (QED) is 0.0865. The Labute approximate surface area is 427 Å². The minimum Gasteiger partial charge on any atom is -0.360 e. The number of anilines is 4. The summed E-state index contributed by atoms with van der Waals surface area (Å²) in [6.07, 6.45) is 5.91. The van der Waals surface area contributed by atoms with Crippen LogP contribution in [0.25, 0.3) is 72.3 Å². The molecule has 0 atom stereocenters. The molecule has 0 radical (unpaired) electrons. The highest BCUT2D eigenvalue weighted by atomic mass is 15.3. The average Bonchev–Trinajstić information content (AvgIpc) is 4.09. The van der Waals surface area contributed by atoms with Crippen molar-refractivity contribution in [2.45, 2.75) is 40.0 Å². The van der Waals surface area contributed by atoms with E-state index in [1.54, 1.807) is 0 Å². The molecule has 350 valence electrons. The molecule has 12 aromatic rings. The minimum atomic E-state index is -0.232. The predicted octanol–water partition coefficient (Wildman–Crippen LogP) is 15.1. The van der Waals surface area contributed by atoms with Crippen molar-refractivity contribution in [1.29, 1.82) is 0 Å². The highest BCUT2D eigenvalue weighted by molar-refractivity contribution is 6.85. The summed E-state index contributed by atoms with van der Waals surface area (Å²) in [5, 5.41) is 2.37. The molecule has 73 heavy (non-hydrogen) atoms. The molecule has 13 rings (SSSR count). The topological polar surface area (TPSA) is 33.1 Å². The van der Waals surface area contributed by atoms with E-state index in [1.807, 2.05) is 6.20 Å². The van der Waals surface area contributed by atoms with Crippen LogP contribution < -0.4 is 19.7 Å². The number of nitrogens with zero attached hydrogens (tertiary/aromatic N) is 6. The fourth-order valence-corrected chi connectivity index (χ4v) is 11.3. The van der Waals surface area contributed by atoms with E-state index in [0.29, 0.717) is 0 Å². The monoisotopic (exact) mass is 940 g/mol. The van der Waals surface area contributed by atoms with E-state index >= 15 is 0 Å². The van der Waals surface area contributed by atoms with Crippen molar-refractivity contribution in [3.05, 3.63) is 254 Å². The maximum atomic E-state index is 5.08. The third-order valence-corrected chi connectivity index (χ3v) is 14.8. The Balaban J connectivity index is 1.07. The summed E-state index contributed by atoms with van der Waals surface area (Å²) in [5.74, 6) is 0.906. The number of para-hydroxylation sites is 5. The van der Waals surface area contributed by atoms with Gasteiger partial charge >= 0.3 is 6.98 Å². The molecule has 0 fully saturated rings. The van der Waals surface area contributed by atoms with E-state index in [9.17, 15) is 0 Å². The smallest absolute Gasteiger partial charge is 0.360 e. The van der Waals surface area contributed by atoms with Gasteiger partial charge in [0.1, 0.15) is 5.82 Å². The number of imidazole rings is 1. The Bertz CT molecular complexity index is 3980. The molecule has 1 aliphatic rings. The number of pyridine rings is 1. The van der Waals surface area contributed by atoms with Crippen molar-refractivity contribution in [1.82, 2.24) is 14.1 Å². The van der Waals surface area contributed by atoms with Crippen molar-refractivity contribution >= 4 is 68.0 Å². The fraction of sp³-hybridized carbons (Fsp3) is 0.0909. The van der Waals surface area contributed by atoms with Gasteiger partial charge in [0.2, 0.25) is 0 Å². The molecular weight excluding hydrogens is 888 g/mol. The molecule has 0 spiro atoms. The molecule has 0 unspecified atom stereocenters. The first-order chi connectivity index (χ1) is 35.7. The van der Waals surface area contributed by atoms with Gasteiger partial charge in [0.25, 0.3) is 6.33 Å². The van der Waals surface area contributed by atoms with Gasteiger partial charge in [0, 0.05) is 28.3 Å². The van der Waals surface area contributed by atoms with Gasteiger partial charge in [-0.25, -0.2) is 4.98 Å². The first-order valence-corrected chi connectivity index (χ1v) is 25.2. The molecule has 4 heterocycles. The van der Waals surface area contributed by atoms with Crippen LogP contribution in [0.4, 0.5) is 22.7 Å². The van der Waals surface area contributed by atoms with Crippen molar-refractivity contribution in [3.63, 3.8) is 0 Å². The van der Waals surface area contributed by atoms with E-state index in [0.717, 1.165) is 84.3 Å². The van der Waals surface area contributed by atoms with Gasteiger partial charge in [0.05, 0.1) is 44.8 Å². The maximum Gasteiger partial charge on any atom is 0.421 e. The summed E-state index contributed by atoms with van der Waals surface area (Å²) < 4.78 is 6.88. The predicted molar refractivity (Wildman–Crippen MR) is 304 cm³/mol. The van der Waals surface area contributed by atoms with Gasteiger partial charge in [-0.3, -0.25) is 13.7 Å². The molecule has 0 amide bonds. The lowest BCUT2D eigenvalue weighted by molar-refractivity contribution is -0.571. The standard InChI is InChI=1S/C66H53BN6/c1-45-22-19-23-46(2)64(45)67-72(50-28-13-8-14-29-50)61-42-56-55-32-15-16-35-57(55)71(63-40-49(38-39-68-63)66(3,4)5)60(56)43-62(61)73(67)52-31-20-30-51(41-52)69-44-70(59-37-18-17-36-58(59)69)65-53(47-24-9-6-10-25-47)33-21-34-54(65)48-26-11-7-12-27-48/h6-43H,1-5H3. The highest BCUT2D eigenvalue weighted by Crippen LogP contribution is 2.50. The largest absolute Gasteiger partial charge is 0.421 e. The van der Waals surface area contributed by atoms with Crippen LogP contribution in [0, 0.1) is 20.2 Å². The second kappa shape index (κ2) is 17.4. The SMILES string of the molecule is Cc1cccc(C)c1B1N(c2ccccc2)c2cc3c4ccccc4n(-c4cc(C(C)(C)C)ccn4)c3cc2N1c1cccc(-n2[c-][n+](-c3c(-c4ccccc4)cccc3-c3ccccc3)c3ccccc32)c1. The summed E-state index contributed by atoms with van der Waals surface area (Å²) in [4.78, 5) is 10.2. The van der Waals surface area contributed by atoms with Crippen LogP contribution in [-0.4, -0.2) is 21.1 Å². The number of rotatable bonds is 8. The lowest BCUT2D eigenvalue weighted by atomic mass is 9.61. The van der Waals surface area contributed by atoms with Gasteiger partial charge in [-0.1, -0.05) is 196 Å². The first kappa shape index (κ1) is 44.0. The number of hydrogen-bond donors (Lipinski definition) is 0. The molecule has 9 aromatic carbocycles. The second-order valence-electron chi connectivity index (χ2n) is 20.3. The minimum absolute atomic E-state index is 0.0501. The molecule has 0 saturated carbocycles. The van der Waals surface area contributed by atoms with Gasteiger partial charge in [-0.2, -0.15) is 0 Å². The Hall–Kier alpha value is -8.94. The Morgan fingerprint density at radius 2 is 1.04 bits per heavy atom. The summed E-state index contributed by atoms with van der Waals surface area (Å²) in [5.41, 5.74) is 20.3. The molecule has 0 N–H and O–H groups in total. The Morgan fingerprint density at radius 1 is 0.479 bits per heavy atom. The van der Waals surface area contributed by atoms with Gasteiger partial charge < -0.3 is 9.62 Å². The maximum absolute atomic E-state index is 5.08. The van der Waals surface area contributed by atoms with Crippen LogP contribution in [0.3, 0.4) is 0 Å². The molecule has 1 aliphatic heterocycles. The summed E-state index contributed by atoms with van der Waals surface area (Å²) in [6.45, 7) is 11.1. The molecule has 0 saturated heterocycles. The van der Waals surface area contributed by atoms with Crippen LogP contribution in [-0.2, 0) is 5.41 Å². The zero-order chi connectivity index (χ0) is 49.4. The van der Waals surface area contributed by atoms with Gasteiger partial charge in [-0.05, 0) is 113 Å². The van der Waals surface area contributed by atoms with Crippen LogP contribution in [0.5, 0.6) is 0 Å². The molecule has 0 aliphatic carbocycles. The van der Waals surface area contributed by atoms with E-state index in [2.05, 4.69) is 289 Å². The molecule has 0 bridgehead atoms. The zero-order valence-corrected chi connectivity index (χ0v) is 41.7. The van der Waals surface area contributed by atoms with Crippen LogP contribution in [0.2, 0.25) is 0 Å². The normalized spacial score (nSPS) is 12.6. The van der Waals surface area contributed by atoms with Crippen molar-refractivity contribution in [2.24, 2.45) is 0 Å². The van der Waals surface area contributed by atoms with E-state index in [4.69, 9.17) is 4.98 Å². The number of benzene rings is 9. The van der Waals surface area contributed by atoms with Crippen molar-refractivity contribution in [3.8, 4) is 39.4 Å². The molecule has 7 heteroatoms. The van der Waals surface area contributed by atoms with Gasteiger partial charge in [0.15, 0.2) is 0 Å². The number of hydrogen-bond acceptors (Lipinski definition) is 3. The Morgan fingerprint density at radius 3 is 1.74 bits per heavy atom. The fourth-order valence-electron chi connectivity index (χ4n) is 11.3. The van der Waals surface area contributed by atoms with Crippen LogP contribution >= 0.6 is 0 Å². The third kappa shape index (κ3) is 7.33. The average molecular weight is 941 g/mol. The third-order valence-electron chi connectivity index (χ3n) is 14.8. The lowest BCUT2D eigenvalue weighted by Gasteiger charge is -2.32. The Kier molecular flexibility index (Phi) is 10.5. The lowest BCUT2D eigenvalue weighted by Crippen LogP contribution is -2.55. The van der Waals surface area contributed by atoms with E-state index in [-0.39, 0.29) is 12.4 Å².